The van der Waals surface area contributed by atoms with Crippen LogP contribution in [0.5, 0.6) is 5.75 Å². The van der Waals surface area contributed by atoms with Gasteiger partial charge in [-0.15, -0.1) is 0 Å². The van der Waals surface area contributed by atoms with Crippen molar-refractivity contribution < 1.29 is 24.0 Å². The number of ketones is 1. The molecule has 2 aromatic rings. The van der Waals surface area contributed by atoms with Crippen molar-refractivity contribution >= 4 is 29.4 Å². The fraction of sp³-hybridized carbons (Fsp3) is 0.261. The van der Waals surface area contributed by atoms with Crippen LogP contribution in [0, 0.1) is 11.8 Å². The number of hydrogen-bond donors (Lipinski definition) is 1. The summed E-state index contributed by atoms with van der Waals surface area (Å²) < 4.78 is 5.17. The SMILES string of the molecule is COc1ccc(N2C(=O)[C@@H]3[C@H](C2=O)[C@H]2c4ccccc4C=C[NH+]2[C@H]3C(C)=O)cc1. The van der Waals surface area contributed by atoms with E-state index in [0.29, 0.717) is 11.4 Å². The Balaban J connectivity index is 1.62. The molecule has 1 N–H and O–H groups in total. The molecule has 6 nitrogen and oxygen atoms in total. The number of benzene rings is 2. The monoisotopic (exact) mass is 389 g/mol. The molecule has 0 spiro atoms. The predicted octanol–water partition coefficient (Wildman–Crippen LogP) is 1.38. The number of nitrogens with one attached hydrogen (secondary N) is 1. The van der Waals surface area contributed by atoms with E-state index in [0.717, 1.165) is 16.0 Å². The number of hydrogen-bond acceptors (Lipinski definition) is 4. The molecule has 0 aliphatic carbocycles. The van der Waals surface area contributed by atoms with E-state index in [4.69, 9.17) is 4.74 Å². The fourth-order valence-corrected chi connectivity index (χ4v) is 5.21. The summed E-state index contributed by atoms with van der Waals surface area (Å²) in [5.74, 6) is -1.16. The van der Waals surface area contributed by atoms with Crippen molar-refractivity contribution in [3.8, 4) is 5.75 Å². The first-order valence-electron chi connectivity index (χ1n) is 9.69. The van der Waals surface area contributed by atoms with Gasteiger partial charge in [0, 0.05) is 12.5 Å². The summed E-state index contributed by atoms with van der Waals surface area (Å²) in [5.41, 5.74) is 2.56. The van der Waals surface area contributed by atoms with Crippen LogP contribution in [0.4, 0.5) is 5.69 Å². The van der Waals surface area contributed by atoms with Gasteiger partial charge in [0.2, 0.25) is 11.8 Å². The van der Waals surface area contributed by atoms with Crippen molar-refractivity contribution in [2.75, 3.05) is 12.0 Å². The van der Waals surface area contributed by atoms with Crippen LogP contribution < -0.4 is 14.5 Å². The molecule has 5 atom stereocenters. The zero-order chi connectivity index (χ0) is 20.3. The van der Waals surface area contributed by atoms with Crippen LogP contribution in [0.1, 0.15) is 24.1 Å². The maximum Gasteiger partial charge on any atom is 0.244 e. The smallest absolute Gasteiger partial charge is 0.244 e. The fourth-order valence-electron chi connectivity index (χ4n) is 5.21. The Labute approximate surface area is 168 Å². The van der Waals surface area contributed by atoms with Gasteiger partial charge < -0.3 is 4.74 Å². The van der Waals surface area contributed by atoms with E-state index in [1.807, 2.05) is 36.5 Å². The van der Waals surface area contributed by atoms with E-state index in [1.54, 1.807) is 31.4 Å². The largest absolute Gasteiger partial charge is 0.497 e. The molecule has 3 aliphatic heterocycles. The highest BCUT2D eigenvalue weighted by atomic mass is 16.5. The number of carbonyl (C=O) groups is 3. The third-order valence-corrected chi connectivity index (χ3v) is 6.39. The molecule has 1 unspecified atom stereocenters. The minimum atomic E-state index is -0.655. The second-order valence-corrected chi connectivity index (χ2v) is 7.79. The number of imide groups is 1. The van der Waals surface area contributed by atoms with Gasteiger partial charge in [-0.1, -0.05) is 24.3 Å². The first-order valence-corrected chi connectivity index (χ1v) is 9.69. The summed E-state index contributed by atoms with van der Waals surface area (Å²) in [6, 6.07) is 13.9. The lowest BCUT2D eigenvalue weighted by Gasteiger charge is -2.30. The summed E-state index contributed by atoms with van der Waals surface area (Å²) in [5, 5.41) is 0. The number of carbonyl (C=O) groups excluding carboxylic acids is 3. The average Bonchev–Trinajstić information content (AvgIpc) is 3.21. The Hall–Kier alpha value is -3.25. The molecule has 3 heterocycles. The molecule has 29 heavy (non-hydrogen) atoms. The molecule has 2 fully saturated rings. The van der Waals surface area contributed by atoms with Crippen molar-refractivity contribution in [1.82, 2.24) is 0 Å². The molecule has 2 saturated heterocycles. The highest BCUT2D eigenvalue weighted by Crippen LogP contribution is 2.44. The van der Waals surface area contributed by atoms with Crippen LogP contribution in [0.15, 0.2) is 54.7 Å². The van der Waals surface area contributed by atoms with Crippen molar-refractivity contribution in [2.24, 2.45) is 11.8 Å². The Morgan fingerprint density at radius 3 is 2.38 bits per heavy atom. The lowest BCUT2D eigenvalue weighted by molar-refractivity contribution is -0.884. The lowest BCUT2D eigenvalue weighted by Crippen LogP contribution is -3.12. The van der Waals surface area contributed by atoms with Gasteiger partial charge in [0.25, 0.3) is 0 Å². The van der Waals surface area contributed by atoms with Crippen LogP contribution in [0.3, 0.4) is 0 Å². The Bertz CT molecular complexity index is 1060. The van der Waals surface area contributed by atoms with E-state index in [-0.39, 0.29) is 23.6 Å². The van der Waals surface area contributed by atoms with E-state index < -0.39 is 17.9 Å². The van der Waals surface area contributed by atoms with Gasteiger partial charge in [-0.25, -0.2) is 4.90 Å². The van der Waals surface area contributed by atoms with Crippen molar-refractivity contribution in [3.63, 3.8) is 0 Å². The van der Waals surface area contributed by atoms with Gasteiger partial charge in [-0.05, 0) is 35.9 Å². The number of ether oxygens (including phenoxy) is 1. The van der Waals surface area contributed by atoms with Crippen LogP contribution in [0.25, 0.3) is 6.08 Å². The highest BCUT2D eigenvalue weighted by Gasteiger charge is 2.67. The van der Waals surface area contributed by atoms with Gasteiger partial charge in [-0.2, -0.15) is 0 Å². The molecule has 5 rings (SSSR count). The van der Waals surface area contributed by atoms with Crippen LogP contribution in [-0.4, -0.2) is 30.7 Å². The second kappa shape index (κ2) is 6.39. The second-order valence-electron chi connectivity index (χ2n) is 7.79. The van der Waals surface area contributed by atoms with E-state index in [9.17, 15) is 14.4 Å². The summed E-state index contributed by atoms with van der Waals surface area (Å²) in [4.78, 5) is 41.6. The normalized spacial score (nSPS) is 29.4. The zero-order valence-corrected chi connectivity index (χ0v) is 16.2. The number of amides is 2. The number of anilines is 1. The van der Waals surface area contributed by atoms with Crippen molar-refractivity contribution in [3.05, 3.63) is 65.9 Å². The minimum Gasteiger partial charge on any atom is -0.497 e. The number of methoxy groups -OCH3 is 1. The van der Waals surface area contributed by atoms with Gasteiger partial charge in [0.15, 0.2) is 11.8 Å². The molecule has 146 valence electrons. The standard InChI is InChI=1S/C23H20N2O4/c1-13(26)20-18-19(21-17-6-4-3-5-14(17)11-12-24(20)21)23(28)25(22(18)27)15-7-9-16(29-2)10-8-15/h3-12,18-21H,1-2H3/p+1/t18-,19+,20+,21-/m1/s1. The molecule has 0 aromatic heterocycles. The van der Waals surface area contributed by atoms with Crippen molar-refractivity contribution in [1.29, 1.82) is 0 Å². The summed E-state index contributed by atoms with van der Waals surface area (Å²) in [7, 11) is 1.56. The molecule has 3 aliphatic rings. The first kappa shape index (κ1) is 17.8. The Morgan fingerprint density at radius 1 is 1.00 bits per heavy atom. The van der Waals surface area contributed by atoms with Crippen LogP contribution in [0.2, 0.25) is 0 Å². The third kappa shape index (κ3) is 2.42. The van der Waals surface area contributed by atoms with E-state index in [2.05, 4.69) is 0 Å². The zero-order valence-electron chi connectivity index (χ0n) is 16.2. The predicted molar refractivity (Wildman–Crippen MR) is 106 cm³/mol. The molecule has 6 heteroatoms. The quantitative estimate of drug-likeness (QED) is 0.806. The Morgan fingerprint density at radius 2 is 1.69 bits per heavy atom. The summed E-state index contributed by atoms with van der Waals surface area (Å²) >= 11 is 0. The number of fused-ring (bicyclic) bond motifs is 5. The van der Waals surface area contributed by atoms with E-state index >= 15 is 0 Å². The number of rotatable bonds is 3. The van der Waals surface area contributed by atoms with Gasteiger partial charge >= 0.3 is 0 Å². The molecular weight excluding hydrogens is 368 g/mol. The number of Topliss-reactive ketones (excluding diaryl/α,β-unsaturated/α-hetero) is 1. The number of quaternary nitrogens is 1. The summed E-state index contributed by atoms with van der Waals surface area (Å²) in [6.07, 6.45) is 3.92. The van der Waals surface area contributed by atoms with Gasteiger partial charge in [0.1, 0.15) is 23.6 Å². The topological polar surface area (TPSA) is 68.1 Å². The molecule has 0 saturated carbocycles. The van der Waals surface area contributed by atoms with Crippen molar-refractivity contribution in [2.45, 2.75) is 19.0 Å². The van der Waals surface area contributed by atoms with Gasteiger partial charge in [0.05, 0.1) is 19.0 Å². The minimum absolute atomic E-state index is 0.0701. The van der Waals surface area contributed by atoms with Crippen LogP contribution in [-0.2, 0) is 14.4 Å². The molecule has 2 amide bonds. The maximum atomic E-state index is 13.5. The molecule has 2 aromatic carbocycles. The third-order valence-electron chi connectivity index (χ3n) is 6.39. The average molecular weight is 389 g/mol. The van der Waals surface area contributed by atoms with Crippen LogP contribution >= 0.6 is 0 Å². The lowest BCUT2D eigenvalue weighted by atomic mass is 9.84. The number of nitrogens with zero attached hydrogens (tertiary/aromatic N) is 1. The van der Waals surface area contributed by atoms with Gasteiger partial charge in [-0.3, -0.25) is 19.3 Å². The molecular formula is C23H21N2O4+. The first-order chi connectivity index (χ1) is 14.0. The Kier molecular flexibility index (Phi) is 3.93. The maximum absolute atomic E-state index is 13.5. The summed E-state index contributed by atoms with van der Waals surface area (Å²) in [6.45, 7) is 1.51. The molecule has 0 bridgehead atoms. The molecule has 0 radical (unpaired) electrons. The highest BCUT2D eigenvalue weighted by molar-refractivity contribution is 6.23. The van der Waals surface area contributed by atoms with E-state index in [1.165, 1.54) is 11.8 Å².